The molecule has 1 aliphatic heterocycles. The van der Waals surface area contributed by atoms with E-state index in [4.69, 9.17) is 9.47 Å². The fourth-order valence-electron chi connectivity index (χ4n) is 4.36. The van der Waals surface area contributed by atoms with E-state index >= 15 is 0 Å². The Labute approximate surface area is 244 Å². The molecule has 0 N–H and O–H groups in total. The summed E-state index contributed by atoms with van der Waals surface area (Å²) in [6.45, 7) is 2.22. The molecule has 0 spiro atoms. The number of anilines is 2. The smallest absolute Gasteiger partial charge is 0.343 e. The van der Waals surface area contributed by atoms with Gasteiger partial charge in [0.15, 0.2) is 11.5 Å². The lowest BCUT2D eigenvalue weighted by Crippen LogP contribution is -2.57. The third kappa shape index (κ3) is 5.90. The second kappa shape index (κ2) is 12.2. The Kier molecular flexibility index (Phi) is 8.26. The Morgan fingerprint density at radius 3 is 1.95 bits per heavy atom. The minimum absolute atomic E-state index is 0.0913. The molecule has 1 heterocycles. The summed E-state index contributed by atoms with van der Waals surface area (Å²) in [5.41, 5.74) is 1.56. The number of ether oxygens (including phenoxy) is 2. The number of imide groups is 2. The van der Waals surface area contributed by atoms with E-state index in [1.165, 1.54) is 18.2 Å². The highest BCUT2D eigenvalue weighted by Crippen LogP contribution is 2.39. The predicted octanol–water partition coefficient (Wildman–Crippen LogP) is 7.15. The maximum absolute atomic E-state index is 13.7. The van der Waals surface area contributed by atoms with Gasteiger partial charge in [0, 0.05) is 0 Å². The predicted molar refractivity (Wildman–Crippen MR) is 157 cm³/mol. The van der Waals surface area contributed by atoms with E-state index in [9.17, 15) is 18.8 Å². The van der Waals surface area contributed by atoms with E-state index in [0.29, 0.717) is 45.1 Å². The Morgan fingerprint density at radius 1 is 0.780 bits per heavy atom. The van der Waals surface area contributed by atoms with Crippen LogP contribution in [-0.2, 0) is 16.2 Å². The number of para-hydroxylation sites is 2. The molecule has 0 atom stereocenters. The third-order valence-corrected chi connectivity index (χ3v) is 6.78. The van der Waals surface area contributed by atoms with Gasteiger partial charge < -0.3 is 9.47 Å². The van der Waals surface area contributed by atoms with Gasteiger partial charge in [-0.05, 0) is 88.6 Å². The fourth-order valence-corrected chi connectivity index (χ4v) is 4.94. The topological polar surface area (TPSA) is 76.2 Å². The summed E-state index contributed by atoms with van der Waals surface area (Å²) in [6, 6.07) is 25.5. The van der Waals surface area contributed by atoms with Crippen molar-refractivity contribution >= 4 is 51.2 Å². The van der Waals surface area contributed by atoms with Crippen molar-refractivity contribution in [2.24, 2.45) is 0 Å². The minimum atomic E-state index is -0.771. The van der Waals surface area contributed by atoms with Gasteiger partial charge in [0.05, 0.1) is 22.5 Å². The van der Waals surface area contributed by atoms with Crippen molar-refractivity contribution in [1.82, 2.24) is 0 Å². The number of rotatable bonds is 8. The molecule has 7 nitrogen and oxygen atoms in total. The van der Waals surface area contributed by atoms with E-state index in [0.717, 1.165) is 9.80 Å². The van der Waals surface area contributed by atoms with Crippen LogP contribution in [-0.4, -0.2) is 24.5 Å². The zero-order valence-electron chi connectivity index (χ0n) is 21.9. The first kappa shape index (κ1) is 27.8. The first-order valence-corrected chi connectivity index (χ1v) is 13.5. The molecule has 4 amide bonds. The number of hydrogen-bond donors (Lipinski definition) is 0. The molecule has 9 heteroatoms. The normalized spacial score (nSPS) is 13.4. The van der Waals surface area contributed by atoms with Crippen LogP contribution in [0.3, 0.4) is 0 Å². The monoisotopic (exact) mass is 614 g/mol. The van der Waals surface area contributed by atoms with Gasteiger partial charge in [0.1, 0.15) is 18.0 Å². The van der Waals surface area contributed by atoms with Gasteiger partial charge >= 0.3 is 6.03 Å². The molecule has 0 aromatic heterocycles. The van der Waals surface area contributed by atoms with E-state index in [1.807, 2.05) is 6.92 Å². The van der Waals surface area contributed by atoms with Crippen LogP contribution >= 0.6 is 15.9 Å². The van der Waals surface area contributed by atoms with Crippen LogP contribution in [0.5, 0.6) is 11.5 Å². The summed E-state index contributed by atoms with van der Waals surface area (Å²) in [7, 11) is 0. The Balaban J connectivity index is 1.55. The summed E-state index contributed by atoms with van der Waals surface area (Å²) < 4.78 is 25.9. The van der Waals surface area contributed by atoms with Gasteiger partial charge in [-0.1, -0.05) is 48.5 Å². The number of amides is 4. The van der Waals surface area contributed by atoms with Crippen LogP contribution < -0.4 is 19.3 Å². The molecule has 1 aliphatic rings. The summed E-state index contributed by atoms with van der Waals surface area (Å²) in [5.74, 6) is -1.13. The average Bonchev–Trinajstić information content (AvgIpc) is 2.96. The first-order chi connectivity index (χ1) is 19.9. The highest BCUT2D eigenvalue weighted by atomic mass is 79.9. The molecule has 0 aliphatic carbocycles. The second-order valence-electron chi connectivity index (χ2n) is 8.97. The summed E-state index contributed by atoms with van der Waals surface area (Å²) in [5, 5.41) is 0. The number of benzene rings is 4. The maximum Gasteiger partial charge on any atom is 0.343 e. The average molecular weight is 615 g/mol. The van der Waals surface area contributed by atoms with Gasteiger partial charge in [-0.15, -0.1) is 0 Å². The molecule has 0 unspecified atom stereocenters. The van der Waals surface area contributed by atoms with Crippen LogP contribution in [0.1, 0.15) is 18.1 Å². The maximum atomic E-state index is 13.7. The van der Waals surface area contributed by atoms with Gasteiger partial charge in [-0.2, -0.15) is 0 Å². The van der Waals surface area contributed by atoms with E-state index in [-0.39, 0.29) is 18.0 Å². The zero-order valence-corrected chi connectivity index (χ0v) is 23.5. The van der Waals surface area contributed by atoms with Crippen LogP contribution in [0.25, 0.3) is 6.08 Å². The van der Waals surface area contributed by atoms with Crippen molar-refractivity contribution < 1.29 is 28.2 Å². The van der Waals surface area contributed by atoms with Crippen LogP contribution in [0.15, 0.2) is 107 Å². The summed E-state index contributed by atoms with van der Waals surface area (Å²) >= 11 is 3.50. The number of halogens is 2. The van der Waals surface area contributed by atoms with E-state index < -0.39 is 17.8 Å². The molecule has 206 valence electrons. The SMILES string of the molecule is CCOc1cc(C=C2C(=O)N(c3ccccc3)C(=O)N(c3ccccc3)C2=O)cc(Br)c1OCc1cccc(F)c1. The molecular formula is C32H24BrFN2O5. The lowest BCUT2D eigenvalue weighted by atomic mass is 10.0. The van der Waals surface area contributed by atoms with Crippen molar-refractivity contribution in [2.75, 3.05) is 16.4 Å². The molecule has 0 saturated carbocycles. The van der Waals surface area contributed by atoms with Gasteiger partial charge in [0.25, 0.3) is 11.8 Å². The van der Waals surface area contributed by atoms with E-state index in [1.54, 1.807) is 84.9 Å². The summed E-state index contributed by atoms with van der Waals surface area (Å²) in [4.78, 5) is 42.8. The van der Waals surface area contributed by atoms with Gasteiger partial charge in [0.2, 0.25) is 0 Å². The zero-order chi connectivity index (χ0) is 28.9. The van der Waals surface area contributed by atoms with Crippen molar-refractivity contribution in [3.05, 3.63) is 124 Å². The standard InChI is InChI=1S/C32H24BrFN2O5/c1-2-40-28-19-22(18-27(33)29(28)41-20-21-10-9-11-23(34)16-21)17-26-30(37)35(24-12-5-3-6-13-24)32(39)36(31(26)38)25-14-7-4-8-15-25/h3-19H,2,20H2,1H3. The van der Waals surface area contributed by atoms with Crippen LogP contribution in [0.4, 0.5) is 20.6 Å². The quantitative estimate of drug-likeness (QED) is 0.156. The molecule has 0 radical (unpaired) electrons. The Hall–Kier alpha value is -4.76. The highest BCUT2D eigenvalue weighted by Gasteiger charge is 2.43. The molecular weight excluding hydrogens is 591 g/mol. The number of hydrogen-bond acceptors (Lipinski definition) is 5. The lowest BCUT2D eigenvalue weighted by molar-refractivity contribution is -0.121. The Bertz CT molecular complexity index is 1580. The number of carbonyl (C=O) groups is 3. The van der Waals surface area contributed by atoms with Gasteiger partial charge in [-0.3, -0.25) is 9.59 Å². The number of urea groups is 1. The third-order valence-electron chi connectivity index (χ3n) is 6.19. The van der Waals surface area contributed by atoms with Crippen LogP contribution in [0, 0.1) is 5.82 Å². The molecule has 4 aromatic carbocycles. The molecule has 1 saturated heterocycles. The van der Waals surface area contributed by atoms with Gasteiger partial charge in [-0.25, -0.2) is 19.0 Å². The minimum Gasteiger partial charge on any atom is -0.490 e. The first-order valence-electron chi connectivity index (χ1n) is 12.8. The van der Waals surface area contributed by atoms with Crippen molar-refractivity contribution in [2.45, 2.75) is 13.5 Å². The lowest BCUT2D eigenvalue weighted by Gasteiger charge is -2.34. The fraction of sp³-hybridized carbons (Fsp3) is 0.0938. The van der Waals surface area contributed by atoms with Crippen molar-refractivity contribution in [1.29, 1.82) is 0 Å². The molecule has 5 rings (SSSR count). The van der Waals surface area contributed by atoms with Crippen LogP contribution in [0.2, 0.25) is 0 Å². The van der Waals surface area contributed by atoms with Crippen molar-refractivity contribution in [3.63, 3.8) is 0 Å². The number of barbiturate groups is 1. The molecule has 0 bridgehead atoms. The number of carbonyl (C=O) groups excluding carboxylic acids is 3. The van der Waals surface area contributed by atoms with E-state index in [2.05, 4.69) is 15.9 Å². The second-order valence-corrected chi connectivity index (χ2v) is 9.83. The molecule has 1 fully saturated rings. The molecule has 4 aromatic rings. The largest absolute Gasteiger partial charge is 0.490 e. The molecule has 41 heavy (non-hydrogen) atoms. The Morgan fingerprint density at radius 2 is 1.39 bits per heavy atom. The van der Waals surface area contributed by atoms with Crippen molar-refractivity contribution in [3.8, 4) is 11.5 Å². The summed E-state index contributed by atoms with van der Waals surface area (Å²) in [6.07, 6.45) is 1.42. The number of nitrogens with zero attached hydrogens (tertiary/aromatic N) is 2. The highest BCUT2D eigenvalue weighted by molar-refractivity contribution is 9.10.